The Hall–Kier alpha value is -3.06. The van der Waals surface area contributed by atoms with Crippen molar-refractivity contribution in [2.24, 2.45) is 0 Å². The van der Waals surface area contributed by atoms with Gasteiger partial charge in [-0.05, 0) is 30.3 Å². The largest absolute Gasteiger partial charge is 0.454 e. The summed E-state index contributed by atoms with van der Waals surface area (Å²) in [7, 11) is 1.96. The highest BCUT2D eigenvalue weighted by atomic mass is 16.7. The van der Waals surface area contributed by atoms with E-state index in [1.807, 2.05) is 43.4 Å². The summed E-state index contributed by atoms with van der Waals surface area (Å²) in [5, 5.41) is 2.80. The summed E-state index contributed by atoms with van der Waals surface area (Å²) in [6.07, 6.45) is 0. The van der Waals surface area contributed by atoms with Gasteiger partial charge in [-0.15, -0.1) is 0 Å². The van der Waals surface area contributed by atoms with Crippen LogP contribution in [0.3, 0.4) is 0 Å². The number of hydrogen-bond donors (Lipinski definition) is 2. The Morgan fingerprint density at radius 3 is 2.88 bits per heavy atom. The van der Waals surface area contributed by atoms with Crippen LogP contribution in [0, 0.1) is 0 Å². The van der Waals surface area contributed by atoms with Gasteiger partial charge in [0.05, 0.1) is 18.4 Å². The molecule has 134 valence electrons. The van der Waals surface area contributed by atoms with Crippen LogP contribution in [0.25, 0.3) is 0 Å². The zero-order valence-corrected chi connectivity index (χ0v) is 14.5. The number of benzene rings is 2. The van der Waals surface area contributed by atoms with Gasteiger partial charge >= 0.3 is 0 Å². The number of nitrogens with one attached hydrogen (secondary N) is 2. The maximum atomic E-state index is 12.8. The van der Waals surface area contributed by atoms with Gasteiger partial charge in [0.1, 0.15) is 13.1 Å². The van der Waals surface area contributed by atoms with Crippen LogP contribution in [0.2, 0.25) is 0 Å². The quantitative estimate of drug-likeness (QED) is 0.835. The van der Waals surface area contributed by atoms with E-state index in [-0.39, 0.29) is 31.7 Å². The first kappa shape index (κ1) is 16.4. The Kier molecular flexibility index (Phi) is 4.22. The molecule has 7 nitrogen and oxygen atoms in total. The van der Waals surface area contributed by atoms with Gasteiger partial charge in [0.25, 0.3) is 5.91 Å². The highest BCUT2D eigenvalue weighted by Crippen LogP contribution is 2.32. The molecule has 0 aliphatic carbocycles. The fourth-order valence-electron chi connectivity index (χ4n) is 3.27. The number of ether oxygens (including phenoxy) is 2. The molecule has 0 saturated heterocycles. The minimum Gasteiger partial charge on any atom is -0.454 e. The van der Waals surface area contributed by atoms with Gasteiger partial charge in [0, 0.05) is 5.56 Å². The summed E-state index contributed by atoms with van der Waals surface area (Å²) in [5.41, 5.74) is 2.48. The average Bonchev–Trinajstić information content (AvgIpc) is 3.08. The van der Waals surface area contributed by atoms with Gasteiger partial charge in [-0.2, -0.15) is 0 Å². The van der Waals surface area contributed by atoms with Crippen molar-refractivity contribution in [3.8, 4) is 11.5 Å². The van der Waals surface area contributed by atoms with E-state index in [4.69, 9.17) is 9.47 Å². The summed E-state index contributed by atoms with van der Waals surface area (Å²) < 4.78 is 10.7. The fourth-order valence-corrected chi connectivity index (χ4v) is 3.27. The normalized spacial score (nSPS) is 16.0. The Labute approximate surface area is 151 Å². The summed E-state index contributed by atoms with van der Waals surface area (Å²) >= 11 is 0. The Bertz CT molecular complexity index is 868. The lowest BCUT2D eigenvalue weighted by molar-refractivity contribution is -0.885. The Balaban J connectivity index is 1.44. The van der Waals surface area contributed by atoms with Crippen molar-refractivity contribution in [3.05, 3.63) is 48.0 Å². The topological polar surface area (TPSA) is 72.3 Å². The summed E-state index contributed by atoms with van der Waals surface area (Å²) in [4.78, 5) is 27.2. The third-order valence-corrected chi connectivity index (χ3v) is 4.47. The maximum absolute atomic E-state index is 12.8. The molecule has 0 bridgehead atoms. The number of hydrogen-bond acceptors (Lipinski definition) is 4. The third-order valence-electron chi connectivity index (χ3n) is 4.47. The van der Waals surface area contributed by atoms with E-state index in [9.17, 15) is 9.59 Å². The summed E-state index contributed by atoms with van der Waals surface area (Å²) in [6.45, 7) is 1.25. The predicted octanol–water partition coefficient (Wildman–Crippen LogP) is 0.415. The molecule has 2 aromatic carbocycles. The number of carbonyl (C=O) groups excluding carboxylic acids is 2. The van der Waals surface area contributed by atoms with E-state index in [0.717, 1.165) is 27.6 Å². The molecule has 0 aromatic heterocycles. The molecule has 0 radical (unpaired) electrons. The molecule has 2 aliphatic rings. The molecule has 7 heteroatoms. The van der Waals surface area contributed by atoms with Crippen molar-refractivity contribution in [3.63, 3.8) is 0 Å². The molecule has 0 spiro atoms. The first-order valence-electron chi connectivity index (χ1n) is 8.49. The molecule has 2 N–H and O–H groups in total. The van der Waals surface area contributed by atoms with Gasteiger partial charge in [-0.3, -0.25) is 14.5 Å². The van der Waals surface area contributed by atoms with E-state index >= 15 is 0 Å². The number of likely N-dealkylation sites (N-methyl/N-ethyl adjacent to an activating group) is 1. The zero-order chi connectivity index (χ0) is 18.1. The van der Waals surface area contributed by atoms with Crippen LogP contribution in [0.4, 0.5) is 11.4 Å². The van der Waals surface area contributed by atoms with E-state index in [1.54, 1.807) is 11.0 Å². The number of para-hydroxylation sites is 2. The summed E-state index contributed by atoms with van der Waals surface area (Å²) in [5.74, 6) is 1.23. The number of fused-ring (bicyclic) bond motifs is 2. The SMILES string of the molecule is C[NH+](CC(=O)N1CC(=O)Nc2ccccc21)Cc1ccc2c(c1)OCO2. The Morgan fingerprint density at radius 2 is 2.00 bits per heavy atom. The van der Waals surface area contributed by atoms with Gasteiger partial charge in [0.2, 0.25) is 12.7 Å². The van der Waals surface area contributed by atoms with Crippen LogP contribution in [0.5, 0.6) is 11.5 Å². The lowest BCUT2D eigenvalue weighted by Gasteiger charge is -2.29. The van der Waals surface area contributed by atoms with Crippen molar-refractivity contribution in [2.75, 3.05) is 37.1 Å². The minimum absolute atomic E-state index is 0.0488. The van der Waals surface area contributed by atoms with E-state index in [0.29, 0.717) is 12.2 Å². The van der Waals surface area contributed by atoms with Crippen molar-refractivity contribution < 1.29 is 24.0 Å². The zero-order valence-electron chi connectivity index (χ0n) is 14.5. The van der Waals surface area contributed by atoms with Gasteiger partial charge in [0.15, 0.2) is 18.0 Å². The van der Waals surface area contributed by atoms with Crippen LogP contribution in [0.15, 0.2) is 42.5 Å². The fraction of sp³-hybridized carbons (Fsp3) is 0.263. The van der Waals surface area contributed by atoms with Crippen molar-refractivity contribution in [2.45, 2.75) is 6.54 Å². The molecular weight excluding hydrogens is 334 g/mol. The second kappa shape index (κ2) is 6.68. The molecule has 4 rings (SSSR count). The molecule has 1 atom stereocenters. The number of anilines is 2. The van der Waals surface area contributed by atoms with Crippen LogP contribution in [-0.2, 0) is 16.1 Å². The van der Waals surface area contributed by atoms with Gasteiger partial charge < -0.3 is 19.7 Å². The molecule has 0 fully saturated rings. The van der Waals surface area contributed by atoms with Crippen molar-refractivity contribution >= 4 is 23.2 Å². The third kappa shape index (κ3) is 3.21. The lowest BCUT2D eigenvalue weighted by Crippen LogP contribution is -3.09. The Morgan fingerprint density at radius 1 is 1.19 bits per heavy atom. The number of nitrogens with zero attached hydrogens (tertiary/aromatic N) is 1. The van der Waals surface area contributed by atoms with E-state index < -0.39 is 0 Å². The summed E-state index contributed by atoms with van der Waals surface area (Å²) in [6, 6.07) is 13.2. The highest BCUT2D eigenvalue weighted by molar-refractivity contribution is 6.10. The van der Waals surface area contributed by atoms with Crippen LogP contribution in [0.1, 0.15) is 5.56 Å². The maximum Gasteiger partial charge on any atom is 0.282 e. The van der Waals surface area contributed by atoms with E-state index in [1.165, 1.54) is 0 Å². The first-order valence-corrected chi connectivity index (χ1v) is 8.49. The molecule has 2 aliphatic heterocycles. The monoisotopic (exact) mass is 354 g/mol. The standard InChI is InChI=1S/C19H19N3O4/c1-21(9-13-6-7-16-17(8-13)26-12-25-16)11-19(24)22-10-18(23)20-14-4-2-3-5-15(14)22/h2-8H,9-12H2,1H3,(H,20,23)/p+1. The van der Waals surface area contributed by atoms with Crippen molar-refractivity contribution in [1.29, 1.82) is 0 Å². The molecule has 2 aromatic rings. The predicted molar refractivity (Wildman–Crippen MR) is 95.4 cm³/mol. The minimum atomic E-state index is -0.175. The van der Waals surface area contributed by atoms with Crippen molar-refractivity contribution in [1.82, 2.24) is 0 Å². The molecule has 2 heterocycles. The van der Waals surface area contributed by atoms with E-state index in [2.05, 4.69) is 5.32 Å². The smallest absolute Gasteiger partial charge is 0.282 e. The first-order chi connectivity index (χ1) is 12.6. The number of quaternary nitrogens is 1. The van der Waals surface area contributed by atoms with Gasteiger partial charge in [-0.25, -0.2) is 0 Å². The molecule has 2 amide bonds. The second-order valence-corrected chi connectivity index (χ2v) is 6.54. The number of carbonyl (C=O) groups is 2. The lowest BCUT2D eigenvalue weighted by atomic mass is 10.1. The van der Waals surface area contributed by atoms with Crippen LogP contribution in [-0.4, -0.2) is 38.7 Å². The number of rotatable bonds is 4. The average molecular weight is 354 g/mol. The van der Waals surface area contributed by atoms with Gasteiger partial charge in [-0.1, -0.05) is 12.1 Å². The molecule has 26 heavy (non-hydrogen) atoms. The number of amides is 2. The highest BCUT2D eigenvalue weighted by Gasteiger charge is 2.28. The van der Waals surface area contributed by atoms with Crippen LogP contribution < -0.4 is 24.6 Å². The second-order valence-electron chi connectivity index (χ2n) is 6.54. The molecule has 1 unspecified atom stereocenters. The molecular formula is C19H20N3O4+. The van der Waals surface area contributed by atoms with Crippen LogP contribution >= 0.6 is 0 Å². The molecule has 0 saturated carbocycles.